The van der Waals surface area contributed by atoms with Gasteiger partial charge in [-0.15, -0.1) is 0 Å². The minimum Gasteiger partial charge on any atom is -0.493 e. The van der Waals surface area contributed by atoms with Gasteiger partial charge in [0.15, 0.2) is 11.5 Å². The Morgan fingerprint density at radius 2 is 2.05 bits per heavy atom. The van der Waals surface area contributed by atoms with Crippen LogP contribution in [0.3, 0.4) is 0 Å². The van der Waals surface area contributed by atoms with Crippen LogP contribution < -0.4 is 19.5 Å². The zero-order valence-electron chi connectivity index (χ0n) is 12.6. The molecule has 0 saturated carbocycles. The lowest BCUT2D eigenvalue weighted by Crippen LogP contribution is -2.22. The Balaban J connectivity index is 2.00. The van der Waals surface area contributed by atoms with E-state index in [0.29, 0.717) is 19.1 Å². The topological polar surface area (TPSA) is 63.5 Å². The van der Waals surface area contributed by atoms with Crippen molar-refractivity contribution in [1.29, 1.82) is 5.26 Å². The molecule has 0 bridgehead atoms. The molecule has 1 heterocycles. The van der Waals surface area contributed by atoms with Crippen LogP contribution in [0.15, 0.2) is 12.1 Å². The third kappa shape index (κ3) is 4.54. The number of hydrogen-bond acceptors (Lipinski definition) is 5. The Morgan fingerprint density at radius 3 is 2.76 bits per heavy atom. The molecule has 21 heavy (non-hydrogen) atoms. The van der Waals surface area contributed by atoms with Gasteiger partial charge in [-0.1, -0.05) is 13.8 Å². The minimum atomic E-state index is 0.262. The number of nitrogens with one attached hydrogen (secondary N) is 1. The molecule has 1 aromatic carbocycles. The lowest BCUT2D eigenvalue weighted by molar-refractivity contribution is 0.173. The van der Waals surface area contributed by atoms with Crippen molar-refractivity contribution in [2.24, 2.45) is 0 Å². The second-order valence-corrected chi connectivity index (χ2v) is 5.31. The molecule has 0 aliphatic carbocycles. The molecule has 5 heteroatoms. The summed E-state index contributed by atoms with van der Waals surface area (Å²) >= 11 is 0. The van der Waals surface area contributed by atoms with Gasteiger partial charge in [0.1, 0.15) is 5.75 Å². The van der Waals surface area contributed by atoms with Gasteiger partial charge in [0.2, 0.25) is 6.79 Å². The molecule has 0 radical (unpaired) electrons. The van der Waals surface area contributed by atoms with Crippen molar-refractivity contribution in [3.8, 4) is 23.3 Å². The zero-order valence-corrected chi connectivity index (χ0v) is 12.6. The van der Waals surface area contributed by atoms with Crippen molar-refractivity contribution in [2.75, 3.05) is 13.4 Å². The van der Waals surface area contributed by atoms with Gasteiger partial charge in [0, 0.05) is 30.6 Å². The lowest BCUT2D eigenvalue weighted by atomic mass is 10.1. The fourth-order valence-corrected chi connectivity index (χ4v) is 2.04. The average Bonchev–Trinajstić information content (AvgIpc) is 2.91. The normalized spacial score (nSPS) is 12.5. The van der Waals surface area contributed by atoms with Crippen LogP contribution in [-0.4, -0.2) is 19.4 Å². The van der Waals surface area contributed by atoms with Crippen molar-refractivity contribution in [2.45, 2.75) is 45.7 Å². The average molecular weight is 290 g/mol. The quantitative estimate of drug-likeness (QED) is 0.746. The van der Waals surface area contributed by atoms with Crippen LogP contribution in [0.25, 0.3) is 0 Å². The Bertz CT molecular complexity index is 509. The first-order valence-corrected chi connectivity index (χ1v) is 7.36. The number of ether oxygens (including phenoxy) is 3. The highest BCUT2D eigenvalue weighted by molar-refractivity contribution is 5.51. The number of hydrogen-bond donors (Lipinski definition) is 1. The van der Waals surface area contributed by atoms with E-state index in [1.807, 2.05) is 12.1 Å². The fourth-order valence-electron chi connectivity index (χ4n) is 2.04. The van der Waals surface area contributed by atoms with Crippen molar-refractivity contribution in [3.05, 3.63) is 17.7 Å². The monoisotopic (exact) mass is 290 g/mol. The number of fused-ring (bicyclic) bond motifs is 1. The summed E-state index contributed by atoms with van der Waals surface area (Å²) in [4.78, 5) is 0. The van der Waals surface area contributed by atoms with Crippen LogP contribution in [0, 0.1) is 11.3 Å². The SMILES string of the molecule is CC(C)NCc1cc2c(cc1OCCCCC#N)OCO2. The number of unbranched alkanes of at least 4 members (excludes halogenated alkanes) is 2. The Hall–Kier alpha value is -1.93. The van der Waals surface area contributed by atoms with Gasteiger partial charge in [-0.05, 0) is 18.9 Å². The summed E-state index contributed by atoms with van der Waals surface area (Å²) in [7, 11) is 0. The molecular formula is C16H22N2O3. The molecule has 0 unspecified atom stereocenters. The van der Waals surface area contributed by atoms with Crippen LogP contribution in [0.4, 0.5) is 0 Å². The van der Waals surface area contributed by atoms with Crippen molar-refractivity contribution < 1.29 is 14.2 Å². The Labute approximate surface area is 125 Å². The lowest BCUT2D eigenvalue weighted by Gasteiger charge is -2.14. The van der Waals surface area contributed by atoms with E-state index in [-0.39, 0.29) is 6.79 Å². The minimum absolute atomic E-state index is 0.262. The summed E-state index contributed by atoms with van der Waals surface area (Å²) in [5, 5.41) is 11.9. The highest BCUT2D eigenvalue weighted by atomic mass is 16.7. The third-order valence-corrected chi connectivity index (χ3v) is 3.20. The molecule has 0 fully saturated rings. The number of nitriles is 1. The second kappa shape index (κ2) is 7.75. The van der Waals surface area contributed by atoms with Crippen molar-refractivity contribution >= 4 is 0 Å². The summed E-state index contributed by atoms with van der Waals surface area (Å²) in [6.07, 6.45) is 2.31. The van der Waals surface area contributed by atoms with E-state index in [2.05, 4.69) is 25.2 Å². The highest BCUT2D eigenvalue weighted by Crippen LogP contribution is 2.38. The molecule has 1 aromatic rings. The summed E-state index contributed by atoms with van der Waals surface area (Å²) in [6.45, 7) is 5.81. The van der Waals surface area contributed by atoms with Gasteiger partial charge in [-0.3, -0.25) is 0 Å². The summed E-state index contributed by atoms with van der Waals surface area (Å²) in [5.41, 5.74) is 1.06. The first kappa shape index (κ1) is 15.5. The molecule has 0 amide bonds. The Kier molecular flexibility index (Phi) is 5.70. The van der Waals surface area contributed by atoms with Crippen LogP contribution in [0.1, 0.15) is 38.7 Å². The van der Waals surface area contributed by atoms with Gasteiger partial charge in [0.05, 0.1) is 12.7 Å². The van der Waals surface area contributed by atoms with E-state index in [1.54, 1.807) is 0 Å². The molecule has 5 nitrogen and oxygen atoms in total. The summed E-state index contributed by atoms with van der Waals surface area (Å²) < 4.78 is 16.7. The predicted octanol–water partition coefficient (Wildman–Crippen LogP) is 2.99. The third-order valence-electron chi connectivity index (χ3n) is 3.20. The maximum atomic E-state index is 8.52. The maximum Gasteiger partial charge on any atom is 0.231 e. The second-order valence-electron chi connectivity index (χ2n) is 5.31. The molecule has 2 rings (SSSR count). The molecule has 114 valence electrons. The summed E-state index contributed by atoms with van der Waals surface area (Å²) in [6, 6.07) is 6.41. The van der Waals surface area contributed by atoms with Crippen molar-refractivity contribution in [3.63, 3.8) is 0 Å². The van der Waals surface area contributed by atoms with E-state index < -0.39 is 0 Å². The number of benzene rings is 1. The molecular weight excluding hydrogens is 268 g/mol. The van der Waals surface area contributed by atoms with Crippen molar-refractivity contribution in [1.82, 2.24) is 5.32 Å². The van der Waals surface area contributed by atoms with Crippen LogP contribution in [0.2, 0.25) is 0 Å². The van der Waals surface area contributed by atoms with Crippen LogP contribution >= 0.6 is 0 Å². The number of nitrogens with zero attached hydrogens (tertiary/aromatic N) is 1. The van der Waals surface area contributed by atoms with Gasteiger partial charge in [-0.2, -0.15) is 5.26 Å². The Morgan fingerprint density at radius 1 is 1.29 bits per heavy atom. The smallest absolute Gasteiger partial charge is 0.231 e. The molecule has 0 atom stereocenters. The van der Waals surface area contributed by atoms with E-state index in [1.165, 1.54) is 0 Å². The first-order valence-electron chi connectivity index (χ1n) is 7.36. The number of rotatable bonds is 8. The molecule has 0 aromatic heterocycles. The van der Waals surface area contributed by atoms with E-state index >= 15 is 0 Å². The molecule has 0 spiro atoms. The van der Waals surface area contributed by atoms with E-state index in [4.69, 9.17) is 19.5 Å². The molecule has 0 saturated heterocycles. The van der Waals surface area contributed by atoms with Gasteiger partial charge in [0.25, 0.3) is 0 Å². The molecule has 1 aliphatic rings. The highest BCUT2D eigenvalue weighted by Gasteiger charge is 2.18. The van der Waals surface area contributed by atoms with Gasteiger partial charge < -0.3 is 19.5 Å². The van der Waals surface area contributed by atoms with E-state index in [9.17, 15) is 0 Å². The predicted molar refractivity (Wildman–Crippen MR) is 79.5 cm³/mol. The first-order chi connectivity index (χ1) is 10.2. The molecule has 1 N–H and O–H groups in total. The molecule has 1 aliphatic heterocycles. The van der Waals surface area contributed by atoms with Crippen LogP contribution in [0.5, 0.6) is 17.2 Å². The largest absolute Gasteiger partial charge is 0.493 e. The standard InChI is InChI=1S/C16H22N2O3/c1-12(2)18-10-13-8-15-16(21-11-20-15)9-14(13)19-7-5-3-4-6-17/h8-9,12,18H,3-5,7,10-11H2,1-2H3. The van der Waals surface area contributed by atoms with Gasteiger partial charge in [-0.25, -0.2) is 0 Å². The zero-order chi connectivity index (χ0) is 15.1. The summed E-state index contributed by atoms with van der Waals surface area (Å²) in [5.74, 6) is 2.33. The fraction of sp³-hybridized carbons (Fsp3) is 0.562. The van der Waals surface area contributed by atoms with E-state index in [0.717, 1.165) is 42.2 Å². The van der Waals surface area contributed by atoms with Gasteiger partial charge >= 0.3 is 0 Å². The maximum absolute atomic E-state index is 8.52. The van der Waals surface area contributed by atoms with Crippen LogP contribution in [-0.2, 0) is 6.54 Å².